The van der Waals surface area contributed by atoms with Gasteiger partial charge in [-0.25, -0.2) is 4.39 Å². The summed E-state index contributed by atoms with van der Waals surface area (Å²) in [7, 11) is 0. The Morgan fingerprint density at radius 3 is 2.23 bits per heavy atom. The molecule has 1 aromatic carbocycles. The van der Waals surface area contributed by atoms with Crippen LogP contribution in [0.2, 0.25) is 5.02 Å². The highest BCUT2D eigenvalue weighted by atomic mass is 35.5. The van der Waals surface area contributed by atoms with E-state index >= 15 is 0 Å². The standard InChI is InChI=1S/C23H32ClFO/c1-3-5-16-6-8-17(9-7-16)18-10-12-19(13-11-18)20-14-15-21(26-4-2)22(24)23(20)25/h3,5,14-19H,4,6-13H2,1-2H3/b5-3+/t16-,17-,18-,19-. The highest BCUT2D eigenvalue weighted by Crippen LogP contribution is 2.45. The average molecular weight is 379 g/mol. The Hall–Kier alpha value is -1.02. The van der Waals surface area contributed by atoms with Crippen molar-refractivity contribution in [3.63, 3.8) is 0 Å². The number of rotatable bonds is 5. The van der Waals surface area contributed by atoms with Crippen LogP contribution in [0.3, 0.4) is 0 Å². The molecule has 0 unspecified atom stereocenters. The molecule has 2 aliphatic rings. The number of hydrogen-bond acceptors (Lipinski definition) is 1. The predicted molar refractivity (Wildman–Crippen MR) is 108 cm³/mol. The van der Waals surface area contributed by atoms with Crippen molar-refractivity contribution in [1.82, 2.24) is 0 Å². The van der Waals surface area contributed by atoms with E-state index in [2.05, 4.69) is 19.1 Å². The van der Waals surface area contributed by atoms with Crippen molar-refractivity contribution in [2.24, 2.45) is 17.8 Å². The summed E-state index contributed by atoms with van der Waals surface area (Å²) in [6, 6.07) is 3.72. The Labute approximate surface area is 163 Å². The molecule has 26 heavy (non-hydrogen) atoms. The van der Waals surface area contributed by atoms with E-state index in [0.29, 0.717) is 18.3 Å². The molecule has 144 valence electrons. The van der Waals surface area contributed by atoms with Crippen molar-refractivity contribution in [2.45, 2.75) is 71.1 Å². The number of allylic oxidation sites excluding steroid dienone is 2. The monoisotopic (exact) mass is 378 g/mol. The normalized spacial score (nSPS) is 29.8. The zero-order valence-corrected chi connectivity index (χ0v) is 16.9. The molecule has 0 N–H and O–H groups in total. The molecule has 0 bridgehead atoms. The minimum absolute atomic E-state index is 0.147. The largest absolute Gasteiger partial charge is 0.492 e. The second-order valence-electron chi connectivity index (χ2n) is 8.03. The topological polar surface area (TPSA) is 9.23 Å². The van der Waals surface area contributed by atoms with E-state index in [1.807, 2.05) is 19.1 Å². The fourth-order valence-electron chi connectivity index (χ4n) is 5.11. The first-order valence-corrected chi connectivity index (χ1v) is 10.7. The molecule has 3 heteroatoms. The summed E-state index contributed by atoms with van der Waals surface area (Å²) in [5.41, 5.74) is 0.786. The summed E-state index contributed by atoms with van der Waals surface area (Å²) in [5.74, 6) is 3.01. The van der Waals surface area contributed by atoms with E-state index in [1.54, 1.807) is 0 Å². The lowest BCUT2D eigenvalue weighted by Gasteiger charge is -2.37. The van der Waals surface area contributed by atoms with Crippen LogP contribution in [0.25, 0.3) is 0 Å². The van der Waals surface area contributed by atoms with Gasteiger partial charge in [-0.1, -0.05) is 29.8 Å². The number of halogens is 2. The van der Waals surface area contributed by atoms with Crippen LogP contribution in [0.15, 0.2) is 24.3 Å². The Morgan fingerprint density at radius 2 is 1.65 bits per heavy atom. The smallest absolute Gasteiger partial charge is 0.149 e. The highest BCUT2D eigenvalue weighted by molar-refractivity contribution is 6.32. The van der Waals surface area contributed by atoms with Gasteiger partial charge in [0, 0.05) is 0 Å². The summed E-state index contributed by atoms with van der Waals surface area (Å²) >= 11 is 6.18. The molecule has 0 amide bonds. The van der Waals surface area contributed by atoms with Gasteiger partial charge in [0.2, 0.25) is 0 Å². The average Bonchev–Trinajstić information content (AvgIpc) is 2.67. The molecule has 2 fully saturated rings. The number of benzene rings is 1. The lowest BCUT2D eigenvalue weighted by molar-refractivity contribution is 0.171. The molecule has 0 atom stereocenters. The lowest BCUT2D eigenvalue weighted by Crippen LogP contribution is -2.25. The molecule has 3 rings (SSSR count). The predicted octanol–water partition coefficient (Wildman–Crippen LogP) is 7.53. The highest BCUT2D eigenvalue weighted by Gasteiger charge is 2.32. The Bertz CT molecular complexity index is 611. The summed E-state index contributed by atoms with van der Waals surface area (Å²) in [5, 5.41) is 0.147. The second kappa shape index (κ2) is 9.26. The Balaban J connectivity index is 1.57. The van der Waals surface area contributed by atoms with Crippen LogP contribution >= 0.6 is 11.6 Å². The van der Waals surface area contributed by atoms with Crippen LogP contribution in [0.1, 0.15) is 76.7 Å². The zero-order valence-electron chi connectivity index (χ0n) is 16.1. The zero-order chi connectivity index (χ0) is 18.5. The van der Waals surface area contributed by atoms with E-state index in [-0.39, 0.29) is 10.8 Å². The number of ether oxygens (including phenoxy) is 1. The SMILES string of the molecule is C/C=C/[C@H]1CC[C@H]([C@H]2CC[C@H](c3ccc(OCC)c(Cl)c3F)CC2)CC1. The molecule has 0 aromatic heterocycles. The van der Waals surface area contributed by atoms with Crippen molar-refractivity contribution >= 4 is 11.6 Å². The summed E-state index contributed by atoms with van der Waals surface area (Å²) in [6.45, 7) is 4.51. The number of hydrogen-bond donors (Lipinski definition) is 0. The van der Waals surface area contributed by atoms with Crippen LogP contribution in [-0.2, 0) is 0 Å². The molecule has 2 aliphatic carbocycles. The third kappa shape index (κ3) is 4.44. The van der Waals surface area contributed by atoms with E-state index in [4.69, 9.17) is 16.3 Å². The van der Waals surface area contributed by atoms with Crippen LogP contribution < -0.4 is 4.74 Å². The Morgan fingerprint density at radius 1 is 1.04 bits per heavy atom. The molecule has 1 aromatic rings. The summed E-state index contributed by atoms with van der Waals surface area (Å²) in [6.07, 6.45) is 14.6. The van der Waals surface area contributed by atoms with Gasteiger partial charge in [-0.05, 0) is 101 Å². The molecule has 0 radical (unpaired) electrons. The van der Waals surface area contributed by atoms with Crippen molar-refractivity contribution in [3.8, 4) is 5.75 Å². The van der Waals surface area contributed by atoms with Gasteiger partial charge in [-0.3, -0.25) is 0 Å². The van der Waals surface area contributed by atoms with Crippen molar-refractivity contribution < 1.29 is 9.13 Å². The quantitative estimate of drug-likeness (QED) is 0.481. The third-order valence-electron chi connectivity index (χ3n) is 6.54. The molecule has 0 saturated heterocycles. The molecule has 0 heterocycles. The maximum atomic E-state index is 14.7. The molecule has 0 aliphatic heterocycles. The van der Waals surface area contributed by atoms with Gasteiger partial charge >= 0.3 is 0 Å². The van der Waals surface area contributed by atoms with Crippen LogP contribution in [0.4, 0.5) is 4.39 Å². The minimum atomic E-state index is -0.270. The molecule has 0 spiro atoms. The van der Waals surface area contributed by atoms with Gasteiger partial charge in [-0.15, -0.1) is 0 Å². The first-order valence-electron chi connectivity index (χ1n) is 10.4. The van der Waals surface area contributed by atoms with E-state index < -0.39 is 0 Å². The van der Waals surface area contributed by atoms with E-state index in [9.17, 15) is 4.39 Å². The minimum Gasteiger partial charge on any atom is -0.492 e. The van der Waals surface area contributed by atoms with Gasteiger partial charge in [0.05, 0.1) is 6.61 Å². The van der Waals surface area contributed by atoms with Gasteiger partial charge in [0.25, 0.3) is 0 Å². The molecule has 2 saturated carbocycles. The maximum absolute atomic E-state index is 14.7. The van der Waals surface area contributed by atoms with E-state index in [0.717, 1.165) is 36.2 Å². The van der Waals surface area contributed by atoms with Crippen LogP contribution in [-0.4, -0.2) is 6.61 Å². The van der Waals surface area contributed by atoms with Crippen molar-refractivity contribution in [3.05, 3.63) is 40.7 Å². The van der Waals surface area contributed by atoms with Gasteiger partial charge in [0.1, 0.15) is 16.6 Å². The first-order chi connectivity index (χ1) is 12.6. The van der Waals surface area contributed by atoms with Gasteiger partial charge in [0.15, 0.2) is 0 Å². The van der Waals surface area contributed by atoms with Crippen molar-refractivity contribution in [1.29, 1.82) is 0 Å². The van der Waals surface area contributed by atoms with Crippen LogP contribution in [0, 0.1) is 23.6 Å². The Kier molecular flexibility index (Phi) is 7.03. The fourth-order valence-corrected chi connectivity index (χ4v) is 5.34. The van der Waals surface area contributed by atoms with Crippen LogP contribution in [0.5, 0.6) is 5.75 Å². The second-order valence-corrected chi connectivity index (χ2v) is 8.40. The summed E-state index contributed by atoms with van der Waals surface area (Å²) in [4.78, 5) is 0. The van der Waals surface area contributed by atoms with Crippen molar-refractivity contribution in [2.75, 3.05) is 6.61 Å². The lowest BCUT2D eigenvalue weighted by atomic mass is 9.68. The molecular formula is C23H32ClFO. The molecular weight excluding hydrogens is 347 g/mol. The van der Waals surface area contributed by atoms with E-state index in [1.165, 1.54) is 38.5 Å². The molecule has 1 nitrogen and oxygen atoms in total. The third-order valence-corrected chi connectivity index (χ3v) is 6.89. The fraction of sp³-hybridized carbons (Fsp3) is 0.652. The van der Waals surface area contributed by atoms with Gasteiger partial charge in [-0.2, -0.15) is 0 Å². The summed E-state index contributed by atoms with van der Waals surface area (Å²) < 4.78 is 20.1. The maximum Gasteiger partial charge on any atom is 0.149 e. The first kappa shape index (κ1) is 19.7. The van der Waals surface area contributed by atoms with Gasteiger partial charge < -0.3 is 4.74 Å².